The topological polar surface area (TPSA) is 80.2 Å². The Balaban J connectivity index is 1.55. The van der Waals surface area contributed by atoms with Crippen LogP contribution in [0.1, 0.15) is 44.7 Å². The number of rotatable bonds is 7. The maximum absolute atomic E-state index is 12.8. The number of fused-ring (bicyclic) bond motifs is 1. The van der Waals surface area contributed by atoms with Crippen LogP contribution < -0.4 is 5.32 Å². The Kier molecular flexibility index (Phi) is 6.60. The quantitative estimate of drug-likeness (QED) is 0.644. The largest absolute Gasteiger partial charge is 0.463 e. The summed E-state index contributed by atoms with van der Waals surface area (Å²) in [6.07, 6.45) is 2.34. The molecule has 160 valence electrons. The number of thioether (sulfide) groups is 1. The molecule has 0 aliphatic carbocycles. The fourth-order valence-corrected chi connectivity index (χ4v) is 5.49. The molecule has 30 heavy (non-hydrogen) atoms. The number of allylic oxidation sites excluding steroid dienone is 1. The number of hydrogen-bond acceptors (Lipinski definition) is 8. The van der Waals surface area contributed by atoms with Crippen LogP contribution in [0.15, 0.2) is 44.2 Å². The number of ether oxygens (including phenoxy) is 2. The van der Waals surface area contributed by atoms with Crippen LogP contribution in [0.2, 0.25) is 0 Å². The van der Waals surface area contributed by atoms with Crippen molar-refractivity contribution in [2.24, 2.45) is 4.99 Å². The molecule has 7 nitrogen and oxygen atoms in total. The van der Waals surface area contributed by atoms with E-state index in [-0.39, 0.29) is 30.4 Å². The highest BCUT2D eigenvalue weighted by atomic mass is 32.2. The number of aliphatic imine (C=N–C) groups is 1. The Morgan fingerprint density at radius 2 is 2.30 bits per heavy atom. The number of hydrogen-bond donors (Lipinski definition) is 1. The lowest BCUT2D eigenvalue weighted by Crippen LogP contribution is -2.38. The van der Waals surface area contributed by atoms with Gasteiger partial charge in [0.25, 0.3) is 0 Å². The summed E-state index contributed by atoms with van der Waals surface area (Å²) in [7, 11) is 0. The van der Waals surface area contributed by atoms with E-state index in [9.17, 15) is 9.59 Å². The van der Waals surface area contributed by atoms with E-state index < -0.39 is 0 Å². The van der Waals surface area contributed by atoms with Crippen molar-refractivity contribution < 1.29 is 19.1 Å². The second-order valence-corrected chi connectivity index (χ2v) is 8.90. The second-order valence-electron chi connectivity index (χ2n) is 7.29. The molecule has 1 amide bonds. The summed E-state index contributed by atoms with van der Waals surface area (Å²) in [5.74, 6) is -0.431. The summed E-state index contributed by atoms with van der Waals surface area (Å²) in [4.78, 5) is 32.0. The van der Waals surface area contributed by atoms with Crippen molar-refractivity contribution in [3.05, 3.63) is 44.8 Å². The third kappa shape index (κ3) is 4.33. The van der Waals surface area contributed by atoms with Crippen LogP contribution in [0.5, 0.6) is 0 Å². The van der Waals surface area contributed by atoms with Gasteiger partial charge < -0.3 is 19.7 Å². The van der Waals surface area contributed by atoms with Crippen molar-refractivity contribution >= 4 is 40.1 Å². The molecule has 0 unspecified atom stereocenters. The minimum atomic E-state index is -0.368. The lowest BCUT2D eigenvalue weighted by molar-refractivity contribution is -0.139. The van der Waals surface area contributed by atoms with Gasteiger partial charge >= 0.3 is 5.97 Å². The van der Waals surface area contributed by atoms with Crippen LogP contribution in [-0.4, -0.2) is 47.8 Å². The summed E-state index contributed by atoms with van der Waals surface area (Å²) in [6.45, 7) is 5.22. The molecule has 9 heteroatoms. The Bertz CT molecular complexity index is 901. The van der Waals surface area contributed by atoms with Gasteiger partial charge in [0, 0.05) is 18.8 Å². The van der Waals surface area contributed by atoms with Crippen LogP contribution in [-0.2, 0) is 19.1 Å². The molecule has 2 atom stereocenters. The van der Waals surface area contributed by atoms with Crippen LogP contribution in [0.25, 0.3) is 0 Å². The first-order chi connectivity index (χ1) is 14.6. The van der Waals surface area contributed by atoms with E-state index in [1.807, 2.05) is 34.1 Å². The van der Waals surface area contributed by atoms with Crippen LogP contribution in [0.3, 0.4) is 0 Å². The normalized spacial score (nSPS) is 23.2. The van der Waals surface area contributed by atoms with Gasteiger partial charge in [-0.3, -0.25) is 4.79 Å². The van der Waals surface area contributed by atoms with Crippen LogP contribution in [0, 0.1) is 0 Å². The standard InChI is InChI=1S/C21H25N3O4S2/c1-3-27-20(26)18-13(2)23-21-24(19(18)14-6-8-29-11-14)15(12-30-21)9-17(25)22-10-16-5-4-7-28-16/h6,8,11-12,16,19H,3-5,7,9-10H2,1-2H3,(H,22,25)/t16-,19+/m1/s1. The Morgan fingerprint density at radius 1 is 1.43 bits per heavy atom. The van der Waals surface area contributed by atoms with E-state index >= 15 is 0 Å². The average Bonchev–Trinajstić information content (AvgIpc) is 3.48. The lowest BCUT2D eigenvalue weighted by Gasteiger charge is -2.35. The maximum atomic E-state index is 12.8. The van der Waals surface area contributed by atoms with Crippen molar-refractivity contribution in [1.29, 1.82) is 0 Å². The van der Waals surface area contributed by atoms with Gasteiger partial charge in [0.2, 0.25) is 5.91 Å². The van der Waals surface area contributed by atoms with Crippen molar-refractivity contribution in [3.8, 4) is 0 Å². The molecule has 1 aromatic heterocycles. The Morgan fingerprint density at radius 3 is 3.00 bits per heavy atom. The van der Waals surface area contributed by atoms with E-state index in [4.69, 9.17) is 9.47 Å². The predicted octanol–water partition coefficient (Wildman–Crippen LogP) is 3.57. The number of esters is 1. The fraction of sp³-hybridized carbons (Fsp3) is 0.476. The van der Waals surface area contributed by atoms with E-state index in [2.05, 4.69) is 10.3 Å². The lowest BCUT2D eigenvalue weighted by atomic mass is 9.96. The maximum Gasteiger partial charge on any atom is 0.338 e. The average molecular weight is 448 g/mol. The van der Waals surface area contributed by atoms with Gasteiger partial charge in [-0.1, -0.05) is 11.8 Å². The first-order valence-electron chi connectivity index (χ1n) is 10.1. The molecular formula is C21H25N3O4S2. The SMILES string of the molecule is CCOC(=O)C1=C(C)N=C2SC=C(CC(=O)NC[C@H]3CCCO3)N2[C@H]1c1ccsc1. The number of amidine groups is 1. The van der Waals surface area contributed by atoms with Gasteiger partial charge in [0.05, 0.1) is 36.4 Å². The zero-order valence-corrected chi connectivity index (χ0v) is 18.7. The van der Waals surface area contributed by atoms with Gasteiger partial charge in [-0.05, 0) is 54.5 Å². The van der Waals surface area contributed by atoms with E-state index in [0.717, 1.165) is 35.9 Å². The zero-order chi connectivity index (χ0) is 21.1. The first-order valence-corrected chi connectivity index (χ1v) is 11.9. The minimum Gasteiger partial charge on any atom is -0.463 e. The van der Waals surface area contributed by atoms with Crippen LogP contribution in [0.4, 0.5) is 0 Å². The molecule has 0 aromatic carbocycles. The number of thiophene rings is 1. The van der Waals surface area contributed by atoms with Gasteiger partial charge in [0.15, 0.2) is 5.17 Å². The van der Waals surface area contributed by atoms with Gasteiger partial charge in [-0.15, -0.1) is 0 Å². The van der Waals surface area contributed by atoms with Crippen molar-refractivity contribution in [3.63, 3.8) is 0 Å². The van der Waals surface area contributed by atoms with E-state index in [1.165, 1.54) is 11.8 Å². The molecule has 3 aliphatic rings. The van der Waals surface area contributed by atoms with Crippen molar-refractivity contribution in [2.45, 2.75) is 45.3 Å². The number of carbonyl (C=O) groups is 2. The molecule has 4 heterocycles. The van der Waals surface area contributed by atoms with Crippen molar-refractivity contribution in [1.82, 2.24) is 10.2 Å². The molecular weight excluding hydrogens is 422 g/mol. The monoisotopic (exact) mass is 447 g/mol. The smallest absolute Gasteiger partial charge is 0.338 e. The number of carbonyl (C=O) groups excluding carboxylic acids is 2. The molecule has 0 spiro atoms. The van der Waals surface area contributed by atoms with Gasteiger partial charge in [0.1, 0.15) is 0 Å². The van der Waals surface area contributed by atoms with Crippen molar-refractivity contribution in [2.75, 3.05) is 19.8 Å². The molecule has 1 aromatic rings. The molecule has 0 radical (unpaired) electrons. The summed E-state index contributed by atoms with van der Waals surface area (Å²) >= 11 is 3.05. The van der Waals surface area contributed by atoms with Gasteiger partial charge in [-0.25, -0.2) is 9.79 Å². The minimum absolute atomic E-state index is 0.0633. The highest BCUT2D eigenvalue weighted by Crippen LogP contribution is 2.45. The highest BCUT2D eigenvalue weighted by Gasteiger charge is 2.41. The first kappa shape index (κ1) is 21.1. The third-order valence-corrected chi connectivity index (χ3v) is 6.84. The molecule has 3 aliphatic heterocycles. The number of nitrogens with one attached hydrogen (secondary N) is 1. The zero-order valence-electron chi connectivity index (χ0n) is 17.1. The second kappa shape index (κ2) is 9.36. The van der Waals surface area contributed by atoms with Crippen LogP contribution >= 0.6 is 23.1 Å². The molecule has 0 saturated carbocycles. The van der Waals surface area contributed by atoms with E-state index in [0.29, 0.717) is 24.4 Å². The fourth-order valence-electron chi connectivity index (χ4n) is 3.85. The number of nitrogens with zero attached hydrogens (tertiary/aromatic N) is 2. The summed E-state index contributed by atoms with van der Waals surface area (Å²) in [5.41, 5.74) is 2.99. The predicted molar refractivity (Wildman–Crippen MR) is 118 cm³/mol. The Labute approximate surface area is 184 Å². The summed E-state index contributed by atoms with van der Waals surface area (Å²) in [5, 5.41) is 9.72. The molecule has 0 bridgehead atoms. The molecule has 1 saturated heterocycles. The summed E-state index contributed by atoms with van der Waals surface area (Å²) in [6, 6.07) is 1.65. The summed E-state index contributed by atoms with van der Waals surface area (Å²) < 4.78 is 10.9. The third-order valence-electron chi connectivity index (χ3n) is 5.25. The number of amides is 1. The molecule has 1 N–H and O–H groups in total. The molecule has 1 fully saturated rings. The highest BCUT2D eigenvalue weighted by molar-refractivity contribution is 8.16. The van der Waals surface area contributed by atoms with Gasteiger partial charge in [-0.2, -0.15) is 11.3 Å². The molecule has 4 rings (SSSR count). The van der Waals surface area contributed by atoms with E-state index in [1.54, 1.807) is 18.3 Å². The Hall–Kier alpha value is -2.10.